The second-order valence-corrected chi connectivity index (χ2v) is 5.76. The highest BCUT2D eigenvalue weighted by atomic mass is 35.5. The summed E-state index contributed by atoms with van der Waals surface area (Å²) in [7, 11) is 0. The van der Waals surface area contributed by atoms with Gasteiger partial charge in [0.2, 0.25) is 0 Å². The largest absolute Gasteiger partial charge is 0.493 e. The van der Waals surface area contributed by atoms with E-state index in [1.165, 1.54) is 16.7 Å². The SMILES string of the molecule is CCNCc1ccc(Cl)cc1-c1cccc2c1OCCC2. The van der Waals surface area contributed by atoms with Gasteiger partial charge < -0.3 is 10.1 Å². The second-order valence-electron chi connectivity index (χ2n) is 5.33. The molecule has 1 aliphatic heterocycles. The summed E-state index contributed by atoms with van der Waals surface area (Å²) < 4.78 is 5.94. The van der Waals surface area contributed by atoms with E-state index in [2.05, 4.69) is 36.5 Å². The third-order valence-electron chi connectivity index (χ3n) is 3.86. The van der Waals surface area contributed by atoms with Crippen molar-refractivity contribution in [3.05, 3.63) is 52.5 Å². The minimum atomic E-state index is 0.763. The number of para-hydroxylation sites is 1. The van der Waals surface area contributed by atoms with Crippen LogP contribution in [0.1, 0.15) is 24.5 Å². The molecule has 1 N–H and O–H groups in total. The fourth-order valence-corrected chi connectivity index (χ4v) is 2.99. The molecule has 0 spiro atoms. The molecular weight excluding hydrogens is 282 g/mol. The standard InChI is InChI=1S/C18H20ClNO/c1-2-20-12-14-8-9-15(19)11-17(14)16-7-3-5-13-6-4-10-21-18(13)16/h3,5,7-9,11,20H,2,4,6,10,12H2,1H3. The number of ether oxygens (including phenoxy) is 1. The van der Waals surface area contributed by atoms with Crippen molar-refractivity contribution in [2.45, 2.75) is 26.3 Å². The number of fused-ring (bicyclic) bond motifs is 1. The molecule has 0 saturated heterocycles. The molecule has 0 fully saturated rings. The molecule has 0 amide bonds. The van der Waals surface area contributed by atoms with Crippen molar-refractivity contribution >= 4 is 11.6 Å². The molecule has 21 heavy (non-hydrogen) atoms. The van der Waals surface area contributed by atoms with E-state index in [-0.39, 0.29) is 0 Å². The molecule has 0 unspecified atom stereocenters. The number of benzene rings is 2. The minimum absolute atomic E-state index is 0.763. The number of halogens is 1. The van der Waals surface area contributed by atoms with E-state index in [9.17, 15) is 0 Å². The van der Waals surface area contributed by atoms with Gasteiger partial charge in [-0.1, -0.05) is 42.8 Å². The maximum Gasteiger partial charge on any atom is 0.130 e. The average Bonchev–Trinajstić information content (AvgIpc) is 2.53. The van der Waals surface area contributed by atoms with E-state index in [0.717, 1.165) is 48.9 Å². The summed E-state index contributed by atoms with van der Waals surface area (Å²) in [6.07, 6.45) is 2.18. The Morgan fingerprint density at radius 1 is 1.19 bits per heavy atom. The summed E-state index contributed by atoms with van der Waals surface area (Å²) in [5.74, 6) is 1.03. The first-order valence-corrected chi connectivity index (χ1v) is 7.91. The first-order chi connectivity index (χ1) is 10.3. The third kappa shape index (κ3) is 3.07. The van der Waals surface area contributed by atoms with E-state index >= 15 is 0 Å². The van der Waals surface area contributed by atoms with Crippen molar-refractivity contribution < 1.29 is 4.74 Å². The number of hydrogen-bond acceptors (Lipinski definition) is 2. The molecule has 0 radical (unpaired) electrons. The molecule has 0 saturated carbocycles. The highest BCUT2D eigenvalue weighted by Gasteiger charge is 2.17. The van der Waals surface area contributed by atoms with Crippen molar-refractivity contribution in [3.63, 3.8) is 0 Å². The summed E-state index contributed by atoms with van der Waals surface area (Å²) in [5, 5.41) is 4.15. The fourth-order valence-electron chi connectivity index (χ4n) is 2.81. The summed E-state index contributed by atoms with van der Waals surface area (Å²) in [6.45, 7) is 4.70. The van der Waals surface area contributed by atoms with Gasteiger partial charge in [0.1, 0.15) is 5.75 Å². The number of nitrogens with one attached hydrogen (secondary N) is 1. The molecule has 2 aromatic carbocycles. The number of hydrogen-bond donors (Lipinski definition) is 1. The summed E-state index contributed by atoms with van der Waals surface area (Å²) >= 11 is 6.22. The van der Waals surface area contributed by atoms with Crippen LogP contribution in [0.3, 0.4) is 0 Å². The van der Waals surface area contributed by atoms with Crippen molar-refractivity contribution in [2.75, 3.05) is 13.2 Å². The number of rotatable bonds is 4. The van der Waals surface area contributed by atoms with Gasteiger partial charge >= 0.3 is 0 Å². The molecule has 0 aliphatic carbocycles. The zero-order valence-electron chi connectivity index (χ0n) is 12.3. The Kier molecular flexibility index (Phi) is 4.47. The van der Waals surface area contributed by atoms with Crippen LogP contribution in [0.15, 0.2) is 36.4 Å². The molecule has 0 aromatic heterocycles. The van der Waals surface area contributed by atoms with Gasteiger partial charge in [0.25, 0.3) is 0 Å². The highest BCUT2D eigenvalue weighted by Crippen LogP contribution is 2.38. The molecular formula is C18H20ClNO. The van der Waals surface area contributed by atoms with Crippen LogP contribution in [0.2, 0.25) is 5.02 Å². The predicted molar refractivity (Wildman–Crippen MR) is 88.1 cm³/mol. The highest BCUT2D eigenvalue weighted by molar-refractivity contribution is 6.30. The van der Waals surface area contributed by atoms with Crippen LogP contribution in [-0.4, -0.2) is 13.2 Å². The Labute approximate surface area is 131 Å². The lowest BCUT2D eigenvalue weighted by atomic mass is 9.94. The Morgan fingerprint density at radius 3 is 2.95 bits per heavy atom. The zero-order chi connectivity index (χ0) is 14.7. The number of aryl methyl sites for hydroxylation is 1. The lowest BCUT2D eigenvalue weighted by Crippen LogP contribution is -2.13. The summed E-state index contributed by atoms with van der Waals surface area (Å²) in [6, 6.07) is 12.5. The van der Waals surface area contributed by atoms with E-state index in [1.807, 2.05) is 12.1 Å². The molecule has 2 nitrogen and oxygen atoms in total. The van der Waals surface area contributed by atoms with E-state index in [4.69, 9.17) is 16.3 Å². The van der Waals surface area contributed by atoms with Gasteiger partial charge in [-0.15, -0.1) is 0 Å². The van der Waals surface area contributed by atoms with Crippen LogP contribution < -0.4 is 10.1 Å². The fraction of sp³-hybridized carbons (Fsp3) is 0.333. The zero-order valence-corrected chi connectivity index (χ0v) is 13.0. The van der Waals surface area contributed by atoms with Crippen LogP contribution in [0, 0.1) is 0 Å². The van der Waals surface area contributed by atoms with Crippen molar-refractivity contribution in [3.8, 4) is 16.9 Å². The van der Waals surface area contributed by atoms with E-state index < -0.39 is 0 Å². The lowest BCUT2D eigenvalue weighted by Gasteiger charge is -2.22. The first kappa shape index (κ1) is 14.4. The Morgan fingerprint density at radius 2 is 2.10 bits per heavy atom. The van der Waals surface area contributed by atoms with Crippen LogP contribution in [-0.2, 0) is 13.0 Å². The van der Waals surface area contributed by atoms with Gasteiger partial charge in [-0.05, 0) is 48.2 Å². The second kappa shape index (κ2) is 6.50. The Bertz CT molecular complexity index is 639. The maximum atomic E-state index is 6.22. The van der Waals surface area contributed by atoms with Crippen LogP contribution in [0.5, 0.6) is 5.75 Å². The molecule has 3 heteroatoms. The molecule has 110 valence electrons. The normalized spacial score (nSPS) is 13.6. The van der Waals surface area contributed by atoms with Crippen molar-refractivity contribution in [1.82, 2.24) is 5.32 Å². The maximum absolute atomic E-state index is 6.22. The van der Waals surface area contributed by atoms with Crippen molar-refractivity contribution in [1.29, 1.82) is 0 Å². The first-order valence-electron chi connectivity index (χ1n) is 7.54. The van der Waals surface area contributed by atoms with Crippen molar-refractivity contribution in [2.24, 2.45) is 0 Å². The topological polar surface area (TPSA) is 21.3 Å². The van der Waals surface area contributed by atoms with Gasteiger partial charge in [0, 0.05) is 17.1 Å². The smallest absolute Gasteiger partial charge is 0.130 e. The molecule has 0 bridgehead atoms. The van der Waals surface area contributed by atoms with Crippen LogP contribution >= 0.6 is 11.6 Å². The molecule has 0 atom stereocenters. The lowest BCUT2D eigenvalue weighted by molar-refractivity contribution is 0.289. The van der Waals surface area contributed by atoms with Crippen LogP contribution in [0.4, 0.5) is 0 Å². The van der Waals surface area contributed by atoms with Gasteiger partial charge in [0.15, 0.2) is 0 Å². The third-order valence-corrected chi connectivity index (χ3v) is 4.10. The quantitative estimate of drug-likeness (QED) is 0.901. The molecule has 2 aromatic rings. The van der Waals surface area contributed by atoms with Gasteiger partial charge in [-0.3, -0.25) is 0 Å². The van der Waals surface area contributed by atoms with Gasteiger partial charge in [0.05, 0.1) is 6.61 Å². The monoisotopic (exact) mass is 301 g/mol. The predicted octanol–water partition coefficient (Wildman–Crippen LogP) is 4.44. The Hall–Kier alpha value is -1.51. The summed E-state index contributed by atoms with van der Waals surface area (Å²) in [4.78, 5) is 0. The molecule has 1 heterocycles. The molecule has 3 rings (SSSR count). The summed E-state index contributed by atoms with van der Waals surface area (Å²) in [5.41, 5.74) is 4.88. The minimum Gasteiger partial charge on any atom is -0.493 e. The average molecular weight is 302 g/mol. The molecule has 1 aliphatic rings. The van der Waals surface area contributed by atoms with E-state index in [0.29, 0.717) is 0 Å². The van der Waals surface area contributed by atoms with Crippen LogP contribution in [0.25, 0.3) is 11.1 Å². The Balaban J connectivity index is 2.09. The van der Waals surface area contributed by atoms with Gasteiger partial charge in [-0.25, -0.2) is 0 Å². The van der Waals surface area contributed by atoms with Gasteiger partial charge in [-0.2, -0.15) is 0 Å². The van der Waals surface area contributed by atoms with E-state index in [1.54, 1.807) is 0 Å².